The Labute approximate surface area is 67.8 Å². The maximum Gasteiger partial charge on any atom is 0.0656 e. The fourth-order valence-corrected chi connectivity index (χ4v) is 1.34. The number of nitrogens with zero attached hydrogens (tertiary/aromatic N) is 1. The predicted molar refractivity (Wildman–Crippen MR) is 42.8 cm³/mol. The molecule has 0 aromatic carbocycles. The van der Waals surface area contributed by atoms with Crippen LogP contribution in [0.1, 0.15) is 25.7 Å². The highest BCUT2D eigenvalue weighted by Crippen LogP contribution is 2.21. The van der Waals surface area contributed by atoms with Crippen LogP contribution in [0.2, 0.25) is 0 Å². The Balaban J connectivity index is 0.000000810. The normalized spacial score (nSPS) is 32.0. The van der Waals surface area contributed by atoms with Crippen LogP contribution in [-0.2, 0) is 0 Å². The molecule has 0 amide bonds. The molecule has 1 aliphatic carbocycles. The second-order valence-corrected chi connectivity index (χ2v) is 2.75. The Morgan fingerprint density at radius 2 is 2.10 bits per heavy atom. The molecule has 1 rings (SSSR count). The van der Waals surface area contributed by atoms with Crippen molar-refractivity contribution in [1.82, 2.24) is 0 Å². The fourth-order valence-electron chi connectivity index (χ4n) is 1.34. The molecule has 3 heteroatoms. The van der Waals surface area contributed by atoms with Crippen molar-refractivity contribution >= 4 is 12.4 Å². The highest BCUT2D eigenvalue weighted by Gasteiger charge is 2.17. The Morgan fingerprint density at radius 3 is 2.50 bits per heavy atom. The van der Waals surface area contributed by atoms with Gasteiger partial charge in [-0.05, 0) is 19.3 Å². The second kappa shape index (κ2) is 4.54. The molecule has 2 N–H and O–H groups in total. The number of rotatable bonds is 0. The van der Waals surface area contributed by atoms with E-state index in [1.54, 1.807) is 0 Å². The summed E-state index contributed by atoms with van der Waals surface area (Å²) in [6.07, 6.45) is 4.22. The first-order chi connectivity index (χ1) is 4.33. The molecule has 0 bridgehead atoms. The van der Waals surface area contributed by atoms with Gasteiger partial charge < -0.3 is 5.73 Å². The molecule has 0 aromatic rings. The van der Waals surface area contributed by atoms with Gasteiger partial charge in [-0.25, -0.2) is 0 Å². The van der Waals surface area contributed by atoms with Gasteiger partial charge in [-0.3, -0.25) is 0 Å². The molecule has 1 fully saturated rings. The SMILES string of the molecule is Cl.N#C[C@H]1CCC[C@H](N)C1. The van der Waals surface area contributed by atoms with Crippen LogP contribution >= 0.6 is 12.4 Å². The first kappa shape index (κ1) is 9.74. The van der Waals surface area contributed by atoms with Gasteiger partial charge in [-0.2, -0.15) is 5.26 Å². The molecule has 58 valence electrons. The molecule has 10 heavy (non-hydrogen) atoms. The number of hydrogen-bond donors (Lipinski definition) is 1. The summed E-state index contributed by atoms with van der Waals surface area (Å²) in [7, 11) is 0. The van der Waals surface area contributed by atoms with E-state index in [0.717, 1.165) is 25.7 Å². The zero-order valence-corrected chi connectivity index (χ0v) is 6.73. The second-order valence-electron chi connectivity index (χ2n) is 2.75. The molecular weight excluding hydrogens is 148 g/mol. The summed E-state index contributed by atoms with van der Waals surface area (Å²) in [5, 5.41) is 8.50. The van der Waals surface area contributed by atoms with Gasteiger partial charge in [0.25, 0.3) is 0 Å². The van der Waals surface area contributed by atoms with Crippen molar-refractivity contribution in [3.05, 3.63) is 0 Å². The Morgan fingerprint density at radius 1 is 1.40 bits per heavy atom. The lowest BCUT2D eigenvalue weighted by Crippen LogP contribution is -2.26. The molecular formula is C7H13ClN2. The standard InChI is InChI=1S/C7H12N2.ClH/c8-5-6-2-1-3-7(9)4-6;/h6-7H,1-4,9H2;1H/t6-,7-;/m0./s1. The van der Waals surface area contributed by atoms with Gasteiger partial charge in [0.05, 0.1) is 6.07 Å². The van der Waals surface area contributed by atoms with Gasteiger partial charge in [-0.15, -0.1) is 12.4 Å². The van der Waals surface area contributed by atoms with Crippen LogP contribution in [0.15, 0.2) is 0 Å². The average molecular weight is 161 g/mol. The minimum Gasteiger partial charge on any atom is -0.328 e. The summed E-state index contributed by atoms with van der Waals surface area (Å²) in [6, 6.07) is 2.55. The van der Waals surface area contributed by atoms with E-state index in [4.69, 9.17) is 11.0 Å². The molecule has 1 aliphatic rings. The number of halogens is 1. The van der Waals surface area contributed by atoms with Crippen molar-refractivity contribution in [3.63, 3.8) is 0 Å². The van der Waals surface area contributed by atoms with Crippen LogP contribution in [0.5, 0.6) is 0 Å². The molecule has 0 aromatic heterocycles. The monoisotopic (exact) mass is 160 g/mol. The molecule has 2 nitrogen and oxygen atoms in total. The van der Waals surface area contributed by atoms with Crippen molar-refractivity contribution in [3.8, 4) is 6.07 Å². The minimum atomic E-state index is 0. The van der Waals surface area contributed by atoms with Gasteiger partial charge in [-0.1, -0.05) is 6.42 Å². The summed E-state index contributed by atoms with van der Waals surface area (Å²) in [5.74, 6) is 0.244. The van der Waals surface area contributed by atoms with E-state index in [-0.39, 0.29) is 18.3 Å². The maximum absolute atomic E-state index is 8.50. The van der Waals surface area contributed by atoms with Crippen LogP contribution in [0.25, 0.3) is 0 Å². The third kappa shape index (κ3) is 2.55. The van der Waals surface area contributed by atoms with Gasteiger partial charge in [0, 0.05) is 12.0 Å². The van der Waals surface area contributed by atoms with Crippen LogP contribution in [0.3, 0.4) is 0 Å². The average Bonchev–Trinajstić information content (AvgIpc) is 1.88. The van der Waals surface area contributed by atoms with Crippen molar-refractivity contribution in [2.45, 2.75) is 31.7 Å². The smallest absolute Gasteiger partial charge is 0.0656 e. The number of nitrogens with two attached hydrogens (primary N) is 1. The molecule has 0 radical (unpaired) electrons. The Kier molecular flexibility index (Phi) is 4.42. The fraction of sp³-hybridized carbons (Fsp3) is 0.857. The van der Waals surface area contributed by atoms with E-state index in [1.807, 2.05) is 0 Å². The van der Waals surface area contributed by atoms with E-state index >= 15 is 0 Å². The Hall–Kier alpha value is -0.260. The van der Waals surface area contributed by atoms with Gasteiger partial charge >= 0.3 is 0 Å². The van der Waals surface area contributed by atoms with Crippen LogP contribution in [-0.4, -0.2) is 6.04 Å². The maximum atomic E-state index is 8.50. The third-order valence-electron chi connectivity index (χ3n) is 1.90. The van der Waals surface area contributed by atoms with Crippen molar-refractivity contribution in [1.29, 1.82) is 5.26 Å². The molecule has 0 spiro atoms. The molecule has 1 saturated carbocycles. The lowest BCUT2D eigenvalue weighted by Gasteiger charge is -2.20. The van der Waals surface area contributed by atoms with E-state index in [0.29, 0.717) is 6.04 Å². The highest BCUT2D eigenvalue weighted by atomic mass is 35.5. The van der Waals surface area contributed by atoms with Crippen molar-refractivity contribution in [2.24, 2.45) is 11.7 Å². The Bertz CT molecular complexity index is 130. The highest BCUT2D eigenvalue weighted by molar-refractivity contribution is 5.85. The van der Waals surface area contributed by atoms with E-state index in [2.05, 4.69) is 6.07 Å². The number of nitriles is 1. The lowest BCUT2D eigenvalue weighted by molar-refractivity contribution is 0.379. The topological polar surface area (TPSA) is 49.8 Å². The van der Waals surface area contributed by atoms with Gasteiger partial charge in [0.2, 0.25) is 0 Å². The zero-order chi connectivity index (χ0) is 6.69. The molecule has 0 heterocycles. The van der Waals surface area contributed by atoms with Crippen LogP contribution in [0.4, 0.5) is 0 Å². The quantitative estimate of drug-likeness (QED) is 0.583. The first-order valence-electron chi connectivity index (χ1n) is 3.48. The summed E-state index contributed by atoms with van der Waals surface area (Å²) < 4.78 is 0. The van der Waals surface area contributed by atoms with E-state index in [9.17, 15) is 0 Å². The van der Waals surface area contributed by atoms with Crippen molar-refractivity contribution < 1.29 is 0 Å². The van der Waals surface area contributed by atoms with E-state index < -0.39 is 0 Å². The van der Waals surface area contributed by atoms with Crippen LogP contribution in [0, 0.1) is 17.2 Å². The van der Waals surface area contributed by atoms with Crippen molar-refractivity contribution in [2.75, 3.05) is 0 Å². The molecule has 0 unspecified atom stereocenters. The largest absolute Gasteiger partial charge is 0.328 e. The zero-order valence-electron chi connectivity index (χ0n) is 5.92. The first-order valence-corrected chi connectivity index (χ1v) is 3.48. The van der Waals surface area contributed by atoms with Gasteiger partial charge in [0.1, 0.15) is 0 Å². The molecule has 0 aliphatic heterocycles. The van der Waals surface area contributed by atoms with Gasteiger partial charge in [0.15, 0.2) is 0 Å². The summed E-state index contributed by atoms with van der Waals surface area (Å²) in [5.41, 5.74) is 5.65. The summed E-state index contributed by atoms with van der Waals surface area (Å²) in [6.45, 7) is 0. The lowest BCUT2D eigenvalue weighted by atomic mass is 9.87. The predicted octanol–water partition coefficient (Wildman–Crippen LogP) is 1.45. The minimum absolute atomic E-state index is 0. The molecule has 0 saturated heterocycles. The van der Waals surface area contributed by atoms with E-state index in [1.165, 1.54) is 0 Å². The summed E-state index contributed by atoms with van der Waals surface area (Å²) >= 11 is 0. The van der Waals surface area contributed by atoms with Crippen LogP contribution < -0.4 is 5.73 Å². The number of hydrogen-bond acceptors (Lipinski definition) is 2. The summed E-state index contributed by atoms with van der Waals surface area (Å²) in [4.78, 5) is 0. The molecule has 2 atom stereocenters. The third-order valence-corrected chi connectivity index (χ3v) is 1.90.